The standard InChI is InChI=1S/C19H33N7.HI/c1-16-5-9-24(10-6-16)17(2)15-23-18(20-3)25-11-13-26(14-12-25)19-21-7-4-8-22-19;/h4,7-8,16-17H,5-6,9-15H2,1-3H3,(H,20,23);1H. The van der Waals surface area contributed by atoms with Crippen LogP contribution in [0.25, 0.3) is 0 Å². The number of piperazine rings is 1. The van der Waals surface area contributed by atoms with Gasteiger partial charge in [-0.1, -0.05) is 6.92 Å². The third kappa shape index (κ3) is 6.17. The van der Waals surface area contributed by atoms with Gasteiger partial charge in [-0.3, -0.25) is 9.89 Å². The zero-order valence-electron chi connectivity index (χ0n) is 16.8. The van der Waals surface area contributed by atoms with Crippen LogP contribution in [-0.4, -0.2) is 84.6 Å². The van der Waals surface area contributed by atoms with E-state index in [1.54, 1.807) is 12.4 Å². The first kappa shape index (κ1) is 22.1. The maximum absolute atomic E-state index is 4.50. The second-order valence-electron chi connectivity index (χ2n) is 7.52. The molecule has 1 atom stereocenters. The fourth-order valence-corrected chi connectivity index (χ4v) is 3.74. The van der Waals surface area contributed by atoms with Gasteiger partial charge in [0.25, 0.3) is 0 Å². The lowest BCUT2D eigenvalue weighted by Crippen LogP contribution is -2.54. The lowest BCUT2D eigenvalue weighted by molar-refractivity contribution is 0.147. The number of anilines is 1. The van der Waals surface area contributed by atoms with Crippen molar-refractivity contribution in [2.75, 3.05) is 57.8 Å². The number of nitrogens with zero attached hydrogens (tertiary/aromatic N) is 6. The van der Waals surface area contributed by atoms with E-state index in [0.717, 1.165) is 50.5 Å². The summed E-state index contributed by atoms with van der Waals surface area (Å²) in [5.41, 5.74) is 0. The summed E-state index contributed by atoms with van der Waals surface area (Å²) in [4.78, 5) is 20.4. The molecule has 2 aliphatic heterocycles. The SMILES string of the molecule is CN=C(NCC(C)N1CCC(C)CC1)N1CCN(c2ncccn2)CC1.I. The van der Waals surface area contributed by atoms with Gasteiger partial charge in [-0.25, -0.2) is 9.97 Å². The van der Waals surface area contributed by atoms with Gasteiger partial charge in [0, 0.05) is 58.2 Å². The van der Waals surface area contributed by atoms with Gasteiger partial charge in [0.2, 0.25) is 5.95 Å². The van der Waals surface area contributed by atoms with Crippen LogP contribution >= 0.6 is 24.0 Å². The largest absolute Gasteiger partial charge is 0.355 e. The minimum Gasteiger partial charge on any atom is -0.355 e. The first-order valence-electron chi connectivity index (χ1n) is 9.89. The molecule has 2 saturated heterocycles. The summed E-state index contributed by atoms with van der Waals surface area (Å²) in [6.45, 7) is 11.8. The maximum atomic E-state index is 4.50. The molecule has 0 bridgehead atoms. The molecule has 1 aromatic rings. The van der Waals surface area contributed by atoms with Crippen molar-refractivity contribution in [1.29, 1.82) is 0 Å². The van der Waals surface area contributed by atoms with Crippen molar-refractivity contribution in [3.63, 3.8) is 0 Å². The molecule has 7 nitrogen and oxygen atoms in total. The Hall–Kier alpha value is -1.16. The zero-order valence-corrected chi connectivity index (χ0v) is 19.2. The number of rotatable bonds is 4. The number of halogens is 1. The molecular weight excluding hydrogens is 453 g/mol. The summed E-state index contributed by atoms with van der Waals surface area (Å²) in [6, 6.07) is 2.40. The van der Waals surface area contributed by atoms with Gasteiger partial charge in [-0.05, 0) is 44.8 Å². The second-order valence-corrected chi connectivity index (χ2v) is 7.52. The summed E-state index contributed by atoms with van der Waals surface area (Å²) >= 11 is 0. The van der Waals surface area contributed by atoms with Crippen LogP contribution < -0.4 is 10.2 Å². The number of piperidine rings is 1. The molecule has 8 heteroatoms. The minimum absolute atomic E-state index is 0. The van der Waals surface area contributed by atoms with E-state index >= 15 is 0 Å². The molecule has 2 fully saturated rings. The van der Waals surface area contributed by atoms with E-state index in [0.29, 0.717) is 6.04 Å². The highest BCUT2D eigenvalue weighted by Crippen LogP contribution is 2.17. The minimum atomic E-state index is 0. The molecule has 3 heterocycles. The van der Waals surface area contributed by atoms with Crippen molar-refractivity contribution in [3.8, 4) is 0 Å². The number of aromatic nitrogens is 2. The molecular formula is C19H34IN7. The highest BCUT2D eigenvalue weighted by Gasteiger charge is 2.23. The molecule has 0 radical (unpaired) electrons. The van der Waals surface area contributed by atoms with Gasteiger partial charge in [0.15, 0.2) is 5.96 Å². The highest BCUT2D eigenvalue weighted by molar-refractivity contribution is 14.0. The van der Waals surface area contributed by atoms with Crippen molar-refractivity contribution >= 4 is 35.9 Å². The van der Waals surface area contributed by atoms with E-state index < -0.39 is 0 Å². The molecule has 0 aliphatic carbocycles. The topological polar surface area (TPSA) is 59.9 Å². The van der Waals surface area contributed by atoms with E-state index in [2.05, 4.69) is 48.8 Å². The fourth-order valence-electron chi connectivity index (χ4n) is 3.74. The van der Waals surface area contributed by atoms with Crippen LogP contribution in [0, 0.1) is 5.92 Å². The molecule has 0 aromatic carbocycles. The first-order chi connectivity index (χ1) is 12.7. The third-order valence-electron chi connectivity index (χ3n) is 5.62. The first-order valence-corrected chi connectivity index (χ1v) is 9.89. The van der Waals surface area contributed by atoms with Gasteiger partial charge in [-0.2, -0.15) is 0 Å². The Morgan fingerprint density at radius 2 is 1.78 bits per heavy atom. The molecule has 0 saturated carbocycles. The van der Waals surface area contributed by atoms with Crippen molar-refractivity contribution in [1.82, 2.24) is 25.1 Å². The number of guanidine groups is 1. The van der Waals surface area contributed by atoms with Gasteiger partial charge in [-0.15, -0.1) is 24.0 Å². The molecule has 1 aromatic heterocycles. The Bertz CT molecular complexity index is 567. The lowest BCUT2D eigenvalue weighted by atomic mass is 9.98. The Kier molecular flexibility index (Phi) is 9.01. The Morgan fingerprint density at radius 1 is 1.15 bits per heavy atom. The Morgan fingerprint density at radius 3 is 2.37 bits per heavy atom. The molecule has 0 amide bonds. The summed E-state index contributed by atoms with van der Waals surface area (Å²) in [7, 11) is 1.88. The monoisotopic (exact) mass is 487 g/mol. The smallest absolute Gasteiger partial charge is 0.225 e. The molecule has 27 heavy (non-hydrogen) atoms. The van der Waals surface area contributed by atoms with Crippen molar-refractivity contribution in [2.24, 2.45) is 10.9 Å². The average Bonchev–Trinajstić information content (AvgIpc) is 2.70. The van der Waals surface area contributed by atoms with Gasteiger partial charge in [0.1, 0.15) is 0 Å². The van der Waals surface area contributed by atoms with Crippen LogP contribution in [0.2, 0.25) is 0 Å². The Balaban J connectivity index is 0.00000261. The molecule has 1 N–H and O–H groups in total. The number of likely N-dealkylation sites (tertiary alicyclic amines) is 1. The quantitative estimate of drug-likeness (QED) is 0.398. The number of hydrogen-bond donors (Lipinski definition) is 1. The van der Waals surface area contributed by atoms with Crippen LogP contribution in [0.15, 0.2) is 23.5 Å². The van der Waals surface area contributed by atoms with E-state index in [9.17, 15) is 0 Å². The van der Waals surface area contributed by atoms with Gasteiger partial charge >= 0.3 is 0 Å². The van der Waals surface area contributed by atoms with Crippen LogP contribution in [0.5, 0.6) is 0 Å². The van der Waals surface area contributed by atoms with Crippen molar-refractivity contribution in [2.45, 2.75) is 32.7 Å². The maximum Gasteiger partial charge on any atom is 0.225 e. The van der Waals surface area contributed by atoms with Crippen LogP contribution in [-0.2, 0) is 0 Å². The zero-order chi connectivity index (χ0) is 18.4. The van der Waals surface area contributed by atoms with E-state index in [1.807, 2.05) is 13.1 Å². The predicted octanol–water partition coefficient (Wildman–Crippen LogP) is 1.91. The summed E-state index contributed by atoms with van der Waals surface area (Å²) in [6.07, 6.45) is 6.25. The number of nitrogens with one attached hydrogen (secondary N) is 1. The van der Waals surface area contributed by atoms with Crippen LogP contribution in [0.3, 0.4) is 0 Å². The lowest BCUT2D eigenvalue weighted by Gasteiger charge is -2.38. The van der Waals surface area contributed by atoms with E-state index in [-0.39, 0.29) is 24.0 Å². The van der Waals surface area contributed by atoms with Crippen molar-refractivity contribution < 1.29 is 0 Å². The molecule has 1 unspecified atom stereocenters. The Labute approximate surface area is 180 Å². The summed E-state index contributed by atoms with van der Waals surface area (Å²) in [5.74, 6) is 2.71. The van der Waals surface area contributed by atoms with Gasteiger partial charge in [0.05, 0.1) is 0 Å². The average molecular weight is 487 g/mol. The van der Waals surface area contributed by atoms with Crippen molar-refractivity contribution in [3.05, 3.63) is 18.5 Å². The normalized spacial score (nSPS) is 20.9. The summed E-state index contributed by atoms with van der Waals surface area (Å²) < 4.78 is 0. The number of aliphatic imine (C=N–C) groups is 1. The van der Waals surface area contributed by atoms with E-state index in [1.165, 1.54) is 25.9 Å². The number of hydrogen-bond acceptors (Lipinski definition) is 5. The molecule has 3 rings (SSSR count). The predicted molar refractivity (Wildman–Crippen MR) is 122 cm³/mol. The molecule has 152 valence electrons. The van der Waals surface area contributed by atoms with E-state index in [4.69, 9.17) is 0 Å². The summed E-state index contributed by atoms with van der Waals surface area (Å²) in [5, 5.41) is 3.59. The third-order valence-corrected chi connectivity index (χ3v) is 5.62. The fraction of sp³-hybridized carbons (Fsp3) is 0.737. The van der Waals surface area contributed by atoms with Crippen LogP contribution in [0.1, 0.15) is 26.7 Å². The molecule has 2 aliphatic rings. The second kappa shape index (κ2) is 11.0. The highest BCUT2D eigenvalue weighted by atomic mass is 127. The van der Waals surface area contributed by atoms with Gasteiger partial charge < -0.3 is 15.1 Å². The van der Waals surface area contributed by atoms with Crippen LogP contribution in [0.4, 0.5) is 5.95 Å². The molecule has 0 spiro atoms.